The van der Waals surface area contributed by atoms with Crippen LogP contribution in [-0.2, 0) is 42.8 Å². The number of carbonyl (C=O) groups excluding carboxylic acids is 1. The van der Waals surface area contributed by atoms with Gasteiger partial charge >= 0.3 is 5.97 Å². The van der Waals surface area contributed by atoms with Crippen molar-refractivity contribution in [3.8, 4) is 0 Å². The highest BCUT2D eigenvalue weighted by Crippen LogP contribution is 2.41. The zero-order chi connectivity index (χ0) is 43.2. The van der Waals surface area contributed by atoms with Crippen molar-refractivity contribution in [1.29, 1.82) is 0 Å². The number of aliphatic hydroxyl groups is 5. The minimum absolute atomic E-state index is 0.0327. The van der Waals surface area contributed by atoms with E-state index < -0.39 is 102 Å². The van der Waals surface area contributed by atoms with Crippen LogP contribution in [0, 0.1) is 23.7 Å². The quantitative estimate of drug-likeness (QED) is 0.0630. The molecule has 334 valence electrons. The van der Waals surface area contributed by atoms with Gasteiger partial charge in [0.15, 0.2) is 12.6 Å². The molecule has 3 aliphatic rings. The van der Waals surface area contributed by atoms with Crippen LogP contribution < -0.4 is 0 Å². The second-order valence-electron chi connectivity index (χ2n) is 17.4. The number of hydrogen-bond acceptors (Lipinski definition) is 16. The summed E-state index contributed by atoms with van der Waals surface area (Å²) in [6.07, 6.45) is -9.50. The molecule has 17 heteroatoms. The van der Waals surface area contributed by atoms with Crippen molar-refractivity contribution in [3.63, 3.8) is 0 Å². The molecule has 0 aromatic carbocycles. The van der Waals surface area contributed by atoms with E-state index in [1.807, 2.05) is 25.9 Å². The van der Waals surface area contributed by atoms with Gasteiger partial charge in [0.25, 0.3) is 0 Å². The number of oxime groups is 1. The average Bonchev–Trinajstić information content (AvgIpc) is 3.14. The van der Waals surface area contributed by atoms with Crippen molar-refractivity contribution in [2.75, 3.05) is 40.5 Å². The van der Waals surface area contributed by atoms with Crippen molar-refractivity contribution in [1.82, 2.24) is 4.90 Å². The highest BCUT2D eigenvalue weighted by atomic mass is 35.5. The summed E-state index contributed by atoms with van der Waals surface area (Å²) >= 11 is 5.75. The summed E-state index contributed by atoms with van der Waals surface area (Å²) < 4.78 is 43.0. The maximum Gasteiger partial charge on any atom is 0.311 e. The fraction of sp³-hybridized carbons (Fsp3) is 0.950. The standard InChI is InChI=1S/C40H73ClN2O14/c1-14-28-40(10,49)33(45)23(4)30(42-52-20-51-16-15-41)21(2)18-38(8,48)35(57-37-31(44)27(43(11)12)17-22(3)53-37)24(5)32(25(6)36(47)55-28)56-29-19-39(9,50-13)34(46)26(7)54-29/h21-29,31-35,37,44-46,48-49H,14-20H2,1-13H3/b42-30-/t21-,22-,23+,24+,25-,26+,27+,28-,29+,31-,32+,33-,34+,35-,37+,38-,39-,40-/m1/s1. The number of cyclic esters (lactones) is 1. The molecule has 5 N–H and O–H groups in total. The zero-order valence-corrected chi connectivity index (χ0v) is 37.0. The molecular formula is C40H73ClN2O14. The molecule has 0 saturated carbocycles. The number of rotatable bonds is 12. The minimum atomic E-state index is -1.97. The monoisotopic (exact) mass is 840 g/mol. The molecule has 0 unspecified atom stereocenters. The van der Waals surface area contributed by atoms with Gasteiger partial charge in [0.2, 0.25) is 6.79 Å². The molecule has 3 fully saturated rings. The van der Waals surface area contributed by atoms with E-state index in [0.29, 0.717) is 12.1 Å². The Morgan fingerprint density at radius 1 is 0.947 bits per heavy atom. The van der Waals surface area contributed by atoms with Crippen LogP contribution in [0.3, 0.4) is 0 Å². The first-order valence-corrected chi connectivity index (χ1v) is 20.9. The Balaban J connectivity index is 2.23. The molecule has 0 amide bonds. The van der Waals surface area contributed by atoms with E-state index in [4.69, 9.17) is 49.6 Å². The molecule has 57 heavy (non-hydrogen) atoms. The summed E-state index contributed by atoms with van der Waals surface area (Å²) in [6, 6.07) is -0.328. The first kappa shape index (κ1) is 50.1. The number of carbonyl (C=O) groups is 1. The van der Waals surface area contributed by atoms with Gasteiger partial charge in [-0.05, 0) is 74.9 Å². The molecule has 0 radical (unpaired) electrons. The summed E-state index contributed by atoms with van der Waals surface area (Å²) in [6.45, 7) is 16.9. The largest absolute Gasteiger partial charge is 0.459 e. The summed E-state index contributed by atoms with van der Waals surface area (Å²) in [7, 11) is 5.21. The summed E-state index contributed by atoms with van der Waals surface area (Å²) in [5.41, 5.74) is -4.50. The van der Waals surface area contributed by atoms with Gasteiger partial charge in [-0.3, -0.25) is 4.79 Å². The third-order valence-electron chi connectivity index (χ3n) is 12.4. The molecule has 0 aromatic heterocycles. The number of alkyl halides is 1. The topological polar surface area (TPSA) is 208 Å². The van der Waals surface area contributed by atoms with E-state index in [0.717, 1.165) is 0 Å². The molecule has 3 saturated heterocycles. The van der Waals surface area contributed by atoms with Gasteiger partial charge in [-0.15, -0.1) is 11.6 Å². The molecular weight excluding hydrogens is 768 g/mol. The van der Waals surface area contributed by atoms with E-state index in [1.165, 1.54) is 14.0 Å². The average molecular weight is 841 g/mol. The number of ether oxygens (including phenoxy) is 7. The molecule has 18 atom stereocenters. The summed E-state index contributed by atoms with van der Waals surface area (Å²) in [4.78, 5) is 21.7. The molecule has 0 bridgehead atoms. The van der Waals surface area contributed by atoms with Crippen LogP contribution in [0.2, 0.25) is 0 Å². The van der Waals surface area contributed by atoms with E-state index in [-0.39, 0.29) is 50.7 Å². The number of esters is 1. The fourth-order valence-electron chi connectivity index (χ4n) is 8.85. The number of aliphatic hydroxyl groups excluding tert-OH is 3. The van der Waals surface area contributed by atoms with Gasteiger partial charge in [-0.25, -0.2) is 0 Å². The third kappa shape index (κ3) is 12.0. The van der Waals surface area contributed by atoms with Gasteiger partial charge in [0.1, 0.15) is 23.9 Å². The Hall–Kier alpha value is -1.25. The van der Waals surface area contributed by atoms with Crippen molar-refractivity contribution >= 4 is 23.3 Å². The predicted molar refractivity (Wildman–Crippen MR) is 211 cm³/mol. The lowest BCUT2D eigenvalue weighted by Crippen LogP contribution is -2.61. The Morgan fingerprint density at radius 2 is 1.60 bits per heavy atom. The molecule has 16 nitrogen and oxygen atoms in total. The van der Waals surface area contributed by atoms with Crippen molar-refractivity contribution in [3.05, 3.63) is 0 Å². The second-order valence-corrected chi connectivity index (χ2v) is 17.8. The maximum absolute atomic E-state index is 14.3. The van der Waals surface area contributed by atoms with Crippen LogP contribution >= 0.6 is 11.6 Å². The van der Waals surface area contributed by atoms with E-state index in [1.54, 1.807) is 55.4 Å². The lowest BCUT2D eigenvalue weighted by molar-refractivity contribution is -0.317. The predicted octanol–water partition coefficient (Wildman–Crippen LogP) is 2.80. The molecule has 0 spiro atoms. The van der Waals surface area contributed by atoms with Crippen molar-refractivity contribution in [2.24, 2.45) is 28.8 Å². The lowest BCUT2D eigenvalue weighted by atomic mass is 9.73. The van der Waals surface area contributed by atoms with E-state index in [9.17, 15) is 30.3 Å². The number of halogens is 1. The Morgan fingerprint density at radius 3 is 2.18 bits per heavy atom. The molecule has 0 aromatic rings. The highest BCUT2D eigenvalue weighted by Gasteiger charge is 2.53. The Kier molecular flexibility index (Phi) is 18.5. The first-order valence-electron chi connectivity index (χ1n) is 20.3. The molecule has 0 aliphatic carbocycles. The zero-order valence-electron chi connectivity index (χ0n) is 36.3. The van der Waals surface area contributed by atoms with Gasteiger partial charge < -0.3 is 68.4 Å². The third-order valence-corrected chi connectivity index (χ3v) is 12.5. The van der Waals surface area contributed by atoms with Crippen LogP contribution in [0.5, 0.6) is 0 Å². The van der Waals surface area contributed by atoms with Crippen LogP contribution in [-0.4, -0.2) is 167 Å². The molecule has 3 rings (SSSR count). The fourth-order valence-corrected chi connectivity index (χ4v) is 8.95. The second kappa shape index (κ2) is 21.0. The van der Waals surface area contributed by atoms with Gasteiger partial charge in [0.05, 0.1) is 60.0 Å². The van der Waals surface area contributed by atoms with Crippen LogP contribution in [0.15, 0.2) is 5.16 Å². The number of methoxy groups -OCH3 is 1. The Labute approximate surface area is 344 Å². The van der Waals surface area contributed by atoms with Crippen LogP contribution in [0.4, 0.5) is 0 Å². The van der Waals surface area contributed by atoms with E-state index in [2.05, 4.69) is 5.16 Å². The van der Waals surface area contributed by atoms with Crippen LogP contribution in [0.1, 0.15) is 94.9 Å². The SMILES string of the molecule is CC[C@H]1OC(=O)[C@H](C)[C@@H](O[C@H]2C[C@@](C)(OC)[C@@H](O)[C@H](C)O2)[C@H](C)[C@@H](O[C@@H]2O[C@H](C)C[C@H](N(C)C)[C@H]2O)[C@](C)(O)C[C@@H](C)/C(=N/OCOCCCl)[C@H](C)[C@@H](O)[C@]1(C)O. The van der Waals surface area contributed by atoms with Crippen molar-refractivity contribution < 1.29 is 68.3 Å². The van der Waals surface area contributed by atoms with Crippen LogP contribution in [0.25, 0.3) is 0 Å². The normalized spacial score (nSPS) is 46.4. The van der Waals surface area contributed by atoms with E-state index >= 15 is 0 Å². The van der Waals surface area contributed by atoms with Gasteiger partial charge in [0, 0.05) is 43.2 Å². The first-order chi connectivity index (χ1) is 26.5. The summed E-state index contributed by atoms with van der Waals surface area (Å²) in [5.74, 6) is -3.90. The summed E-state index contributed by atoms with van der Waals surface area (Å²) in [5, 5.41) is 63.4. The number of nitrogens with zero attached hydrogens (tertiary/aromatic N) is 2. The Bertz CT molecular complexity index is 1290. The highest BCUT2D eigenvalue weighted by molar-refractivity contribution is 6.17. The van der Waals surface area contributed by atoms with Gasteiger partial charge in [-0.1, -0.05) is 32.9 Å². The minimum Gasteiger partial charge on any atom is -0.459 e. The lowest BCUT2D eigenvalue weighted by Gasteiger charge is -2.49. The number of hydrogen-bond donors (Lipinski definition) is 5. The maximum atomic E-state index is 14.3. The van der Waals surface area contributed by atoms with Gasteiger partial charge in [-0.2, -0.15) is 0 Å². The number of likely N-dealkylation sites (N-methyl/N-ethyl adjacent to an activating group) is 1. The molecule has 3 heterocycles. The van der Waals surface area contributed by atoms with Crippen molar-refractivity contribution in [2.45, 2.75) is 179 Å². The smallest absolute Gasteiger partial charge is 0.311 e. The molecule has 3 aliphatic heterocycles.